The minimum absolute atomic E-state index is 0.0510. The first-order chi connectivity index (χ1) is 9.24. The van der Waals surface area contributed by atoms with Crippen LogP contribution in [-0.2, 0) is 10.5 Å². The van der Waals surface area contributed by atoms with E-state index in [2.05, 4.69) is 15.1 Å². The van der Waals surface area contributed by atoms with E-state index in [0.717, 1.165) is 12.3 Å². The Morgan fingerprint density at radius 2 is 2.20 bits per heavy atom. The molecule has 0 saturated heterocycles. The Bertz CT molecular complexity index is 637. The number of hydrogen-bond donors (Lipinski definition) is 0. The van der Waals surface area contributed by atoms with Crippen LogP contribution in [0.15, 0.2) is 18.5 Å². The fourth-order valence-electron chi connectivity index (χ4n) is 1.45. The first-order valence-corrected chi connectivity index (χ1v) is 6.89. The number of carbonyl (C=O) groups excluding carboxylic acids is 1. The lowest BCUT2D eigenvalue weighted by Gasteiger charge is -2.24. The van der Waals surface area contributed by atoms with Crippen LogP contribution in [0, 0.1) is 12.3 Å². The maximum absolute atomic E-state index is 12.4. The molecule has 0 aliphatic heterocycles. The van der Waals surface area contributed by atoms with Gasteiger partial charge in [-0.3, -0.25) is 9.78 Å². The standard InChI is InChI=1S/C12H13FN2O4S/c1-4-5-15(9(2)3)12(16)10-6-11(8-14-7-10)19-20(13,17)18/h1,6-9H,5H2,2-3H3. The van der Waals surface area contributed by atoms with E-state index >= 15 is 0 Å². The van der Waals surface area contributed by atoms with Crippen molar-refractivity contribution in [3.05, 3.63) is 24.0 Å². The predicted octanol–water partition coefficient (Wildman–Crippen LogP) is 1.16. The van der Waals surface area contributed by atoms with Crippen molar-refractivity contribution < 1.29 is 21.3 Å². The molecule has 1 heterocycles. The summed E-state index contributed by atoms with van der Waals surface area (Å²) < 4.78 is 37.2. The minimum Gasteiger partial charge on any atom is -0.357 e. The van der Waals surface area contributed by atoms with Gasteiger partial charge in [0.15, 0.2) is 5.75 Å². The second-order valence-electron chi connectivity index (χ2n) is 4.12. The van der Waals surface area contributed by atoms with Crippen molar-refractivity contribution in [2.45, 2.75) is 19.9 Å². The highest BCUT2D eigenvalue weighted by molar-refractivity contribution is 7.81. The first kappa shape index (κ1) is 15.9. The van der Waals surface area contributed by atoms with Crippen LogP contribution >= 0.6 is 0 Å². The van der Waals surface area contributed by atoms with Crippen molar-refractivity contribution in [2.24, 2.45) is 0 Å². The summed E-state index contributed by atoms with van der Waals surface area (Å²) in [6.45, 7) is 3.63. The molecule has 0 fully saturated rings. The number of amides is 1. The van der Waals surface area contributed by atoms with Gasteiger partial charge in [-0.15, -0.1) is 6.42 Å². The van der Waals surface area contributed by atoms with Gasteiger partial charge in [-0.1, -0.05) is 9.81 Å². The molecule has 6 nitrogen and oxygen atoms in total. The Kier molecular flexibility index (Phi) is 5.05. The van der Waals surface area contributed by atoms with E-state index in [1.807, 2.05) is 0 Å². The third-order valence-electron chi connectivity index (χ3n) is 2.30. The highest BCUT2D eigenvalue weighted by Gasteiger charge is 2.19. The predicted molar refractivity (Wildman–Crippen MR) is 69.9 cm³/mol. The smallest absolute Gasteiger partial charge is 0.357 e. The van der Waals surface area contributed by atoms with Crippen molar-refractivity contribution >= 4 is 16.4 Å². The molecule has 8 heteroatoms. The van der Waals surface area contributed by atoms with E-state index in [0.29, 0.717) is 0 Å². The molecule has 1 rings (SSSR count). The van der Waals surface area contributed by atoms with Crippen molar-refractivity contribution in [1.29, 1.82) is 0 Å². The molecule has 0 aliphatic rings. The van der Waals surface area contributed by atoms with Crippen LogP contribution in [0.5, 0.6) is 5.75 Å². The molecular formula is C12H13FN2O4S. The van der Waals surface area contributed by atoms with Gasteiger partial charge in [-0.2, -0.15) is 8.42 Å². The highest BCUT2D eigenvalue weighted by atomic mass is 32.3. The number of pyridine rings is 1. The SMILES string of the molecule is C#CCN(C(=O)c1cncc(OS(=O)(=O)F)c1)C(C)C. The molecule has 0 saturated carbocycles. The fourth-order valence-corrected chi connectivity index (χ4v) is 1.77. The normalized spacial score (nSPS) is 10.9. The lowest BCUT2D eigenvalue weighted by atomic mass is 10.2. The first-order valence-electron chi connectivity index (χ1n) is 5.58. The van der Waals surface area contributed by atoms with Gasteiger partial charge in [-0.05, 0) is 19.9 Å². The summed E-state index contributed by atoms with van der Waals surface area (Å²) in [5.41, 5.74) is 0.0510. The van der Waals surface area contributed by atoms with Crippen molar-refractivity contribution in [1.82, 2.24) is 9.88 Å². The molecule has 1 amide bonds. The molecule has 0 aliphatic carbocycles. The Morgan fingerprint density at radius 3 is 2.70 bits per heavy atom. The molecule has 0 atom stereocenters. The number of hydrogen-bond acceptors (Lipinski definition) is 5. The van der Waals surface area contributed by atoms with E-state index < -0.39 is 16.4 Å². The maximum atomic E-state index is 12.4. The quantitative estimate of drug-likeness (QED) is 0.602. The number of rotatable bonds is 5. The second kappa shape index (κ2) is 6.34. The van der Waals surface area contributed by atoms with Crippen LogP contribution < -0.4 is 4.18 Å². The Labute approximate surface area is 117 Å². The molecule has 0 radical (unpaired) electrons. The molecule has 1 aromatic heterocycles. The topological polar surface area (TPSA) is 76.6 Å². The molecule has 108 valence electrons. The minimum atomic E-state index is -5.16. The molecule has 0 spiro atoms. The summed E-state index contributed by atoms with van der Waals surface area (Å²) in [5.74, 6) is 1.51. The van der Waals surface area contributed by atoms with Gasteiger partial charge in [0.2, 0.25) is 0 Å². The lowest BCUT2D eigenvalue weighted by molar-refractivity contribution is 0.0731. The third-order valence-corrected chi connectivity index (χ3v) is 2.69. The zero-order valence-electron chi connectivity index (χ0n) is 10.9. The van der Waals surface area contributed by atoms with Gasteiger partial charge >= 0.3 is 10.5 Å². The summed E-state index contributed by atoms with van der Waals surface area (Å²) in [5, 5.41) is 0. The Morgan fingerprint density at radius 1 is 1.55 bits per heavy atom. The maximum Gasteiger partial charge on any atom is 0.488 e. The number of carbonyl (C=O) groups is 1. The van der Waals surface area contributed by atoms with Crippen LogP contribution in [0.25, 0.3) is 0 Å². The van der Waals surface area contributed by atoms with Gasteiger partial charge in [0.1, 0.15) is 0 Å². The molecular weight excluding hydrogens is 287 g/mol. The fraction of sp³-hybridized carbons (Fsp3) is 0.333. The highest BCUT2D eigenvalue weighted by Crippen LogP contribution is 2.16. The largest absolute Gasteiger partial charge is 0.488 e. The summed E-state index contributed by atoms with van der Waals surface area (Å²) >= 11 is 0. The lowest BCUT2D eigenvalue weighted by Crippen LogP contribution is -2.37. The van der Waals surface area contributed by atoms with Crippen molar-refractivity contribution in [3.63, 3.8) is 0 Å². The summed E-state index contributed by atoms with van der Waals surface area (Å²) in [6.07, 6.45) is 7.38. The second-order valence-corrected chi connectivity index (χ2v) is 5.07. The van der Waals surface area contributed by atoms with Crippen LogP contribution in [0.4, 0.5) is 3.89 Å². The number of nitrogens with zero attached hydrogens (tertiary/aromatic N) is 2. The van der Waals surface area contributed by atoms with Crippen LogP contribution in [-0.4, -0.2) is 36.8 Å². The zero-order valence-corrected chi connectivity index (χ0v) is 11.7. The van der Waals surface area contributed by atoms with Crippen molar-refractivity contribution in [3.8, 4) is 18.1 Å². The van der Waals surface area contributed by atoms with Crippen LogP contribution in [0.2, 0.25) is 0 Å². The van der Waals surface area contributed by atoms with Gasteiger partial charge in [-0.25, -0.2) is 0 Å². The number of terminal acetylenes is 1. The molecule has 20 heavy (non-hydrogen) atoms. The van der Waals surface area contributed by atoms with Gasteiger partial charge in [0, 0.05) is 12.2 Å². The average molecular weight is 300 g/mol. The van der Waals surface area contributed by atoms with Gasteiger partial charge in [0.25, 0.3) is 5.91 Å². The van der Waals surface area contributed by atoms with Gasteiger partial charge in [0.05, 0.1) is 18.3 Å². The summed E-state index contributed by atoms with van der Waals surface area (Å²) in [4.78, 5) is 17.2. The third kappa shape index (κ3) is 4.51. The molecule has 0 aromatic carbocycles. The van der Waals surface area contributed by atoms with E-state index in [1.54, 1.807) is 13.8 Å². The Balaban J connectivity index is 3.05. The summed E-state index contributed by atoms with van der Waals surface area (Å²) in [7, 11) is -5.16. The van der Waals surface area contributed by atoms with Crippen LogP contribution in [0.3, 0.4) is 0 Å². The van der Waals surface area contributed by atoms with E-state index in [-0.39, 0.29) is 23.9 Å². The molecule has 0 N–H and O–H groups in total. The summed E-state index contributed by atoms with van der Waals surface area (Å²) in [6, 6.07) is 0.922. The van der Waals surface area contributed by atoms with Crippen LogP contribution in [0.1, 0.15) is 24.2 Å². The van der Waals surface area contributed by atoms with E-state index in [1.165, 1.54) is 11.1 Å². The zero-order chi connectivity index (χ0) is 15.3. The molecule has 0 unspecified atom stereocenters. The average Bonchev–Trinajstić information content (AvgIpc) is 2.33. The number of aromatic nitrogens is 1. The monoisotopic (exact) mass is 300 g/mol. The number of halogens is 1. The van der Waals surface area contributed by atoms with Gasteiger partial charge < -0.3 is 9.08 Å². The van der Waals surface area contributed by atoms with E-state index in [4.69, 9.17) is 6.42 Å². The van der Waals surface area contributed by atoms with Crippen molar-refractivity contribution in [2.75, 3.05) is 6.54 Å². The molecule has 1 aromatic rings. The molecule has 0 bridgehead atoms. The Hall–Kier alpha value is -2.14. The van der Waals surface area contributed by atoms with E-state index in [9.17, 15) is 17.1 Å².